The summed E-state index contributed by atoms with van der Waals surface area (Å²) in [4.78, 5) is 15.3. The van der Waals surface area contributed by atoms with E-state index in [2.05, 4.69) is 10.2 Å². The van der Waals surface area contributed by atoms with E-state index < -0.39 is 10.0 Å². The fourth-order valence-corrected chi connectivity index (χ4v) is 6.20. The number of hydrogen-bond donors (Lipinski definition) is 1. The molecule has 2 saturated heterocycles. The molecule has 2 heterocycles. The van der Waals surface area contributed by atoms with Gasteiger partial charge in [0.25, 0.3) is 0 Å². The predicted octanol–water partition coefficient (Wildman–Crippen LogP) is 3.86. The van der Waals surface area contributed by atoms with Crippen LogP contribution in [-0.2, 0) is 21.4 Å². The zero-order chi connectivity index (χ0) is 24.1. The van der Waals surface area contributed by atoms with Crippen LogP contribution in [0.25, 0.3) is 0 Å². The molecule has 0 atom stereocenters. The normalized spacial score (nSPS) is 18.5. The summed E-state index contributed by atoms with van der Waals surface area (Å²) in [6.07, 6.45) is 4.04. The van der Waals surface area contributed by atoms with Gasteiger partial charge in [-0.3, -0.25) is 9.69 Å². The van der Waals surface area contributed by atoms with E-state index in [-0.39, 0.29) is 22.5 Å². The summed E-state index contributed by atoms with van der Waals surface area (Å²) in [5, 5.41) is 2.89. The Morgan fingerprint density at radius 2 is 1.76 bits per heavy atom. The summed E-state index contributed by atoms with van der Waals surface area (Å²) >= 11 is 0. The van der Waals surface area contributed by atoms with Crippen molar-refractivity contribution < 1.29 is 22.3 Å². The van der Waals surface area contributed by atoms with Crippen molar-refractivity contribution in [2.45, 2.75) is 43.5 Å². The van der Waals surface area contributed by atoms with Crippen LogP contribution >= 0.6 is 0 Å². The van der Waals surface area contributed by atoms with E-state index in [1.54, 1.807) is 18.2 Å². The Morgan fingerprint density at radius 1 is 1.06 bits per heavy atom. The van der Waals surface area contributed by atoms with Gasteiger partial charge in [-0.25, -0.2) is 12.8 Å². The minimum atomic E-state index is -3.62. The zero-order valence-electron chi connectivity index (χ0n) is 19.5. The average molecular weight is 490 g/mol. The van der Waals surface area contributed by atoms with Gasteiger partial charge < -0.3 is 10.1 Å². The molecule has 2 aromatic rings. The van der Waals surface area contributed by atoms with Crippen LogP contribution in [0.5, 0.6) is 5.75 Å². The van der Waals surface area contributed by atoms with Crippen LogP contribution in [0.4, 0.5) is 10.1 Å². The molecule has 0 aliphatic carbocycles. The van der Waals surface area contributed by atoms with Gasteiger partial charge in [-0.2, -0.15) is 4.31 Å². The first-order valence-electron chi connectivity index (χ1n) is 11.8. The highest BCUT2D eigenvalue weighted by Crippen LogP contribution is 2.31. The van der Waals surface area contributed by atoms with E-state index in [4.69, 9.17) is 4.74 Å². The first-order valence-corrected chi connectivity index (χ1v) is 13.3. The standard InChI is InChI=1S/C25H32FN3O4S/c1-33-24-10-9-21(34(31,32)29-13-5-2-6-14-29)17-23(24)27-25(30)19-11-15-28(16-12-19)18-20-7-3-4-8-22(20)26/h3-4,7-10,17,19H,2,5-6,11-16,18H2,1H3,(H,27,30). The fourth-order valence-electron chi connectivity index (χ4n) is 4.66. The third kappa shape index (κ3) is 5.59. The quantitative estimate of drug-likeness (QED) is 0.639. The molecule has 2 aliphatic heterocycles. The number of piperidine rings is 2. The molecule has 2 fully saturated rings. The molecule has 7 nitrogen and oxygen atoms in total. The average Bonchev–Trinajstić information content (AvgIpc) is 2.86. The van der Waals surface area contributed by atoms with E-state index >= 15 is 0 Å². The Kier molecular flexibility index (Phi) is 7.85. The van der Waals surface area contributed by atoms with Crippen molar-refractivity contribution in [1.82, 2.24) is 9.21 Å². The van der Waals surface area contributed by atoms with Crippen LogP contribution < -0.4 is 10.1 Å². The highest BCUT2D eigenvalue weighted by molar-refractivity contribution is 7.89. The van der Waals surface area contributed by atoms with Gasteiger partial charge in [-0.05, 0) is 63.0 Å². The number of likely N-dealkylation sites (tertiary alicyclic amines) is 1. The molecule has 0 unspecified atom stereocenters. The lowest BCUT2D eigenvalue weighted by molar-refractivity contribution is -0.121. The van der Waals surface area contributed by atoms with Crippen molar-refractivity contribution in [3.63, 3.8) is 0 Å². The summed E-state index contributed by atoms with van der Waals surface area (Å²) in [6, 6.07) is 11.4. The third-order valence-corrected chi connectivity index (χ3v) is 8.59. The number of rotatable bonds is 7. The number of methoxy groups -OCH3 is 1. The molecule has 0 spiro atoms. The van der Waals surface area contributed by atoms with Crippen molar-refractivity contribution >= 4 is 21.6 Å². The van der Waals surface area contributed by atoms with E-state index in [1.807, 2.05) is 6.07 Å². The van der Waals surface area contributed by atoms with Gasteiger partial charge in [0, 0.05) is 31.1 Å². The number of carbonyl (C=O) groups is 1. The highest BCUT2D eigenvalue weighted by Gasteiger charge is 2.29. The fraction of sp³-hybridized carbons (Fsp3) is 0.480. The molecule has 1 amide bonds. The molecule has 4 rings (SSSR count). The number of hydrogen-bond acceptors (Lipinski definition) is 5. The number of amides is 1. The Labute approximate surface area is 200 Å². The van der Waals surface area contributed by atoms with Crippen molar-refractivity contribution in [3.05, 3.63) is 53.8 Å². The Morgan fingerprint density at radius 3 is 2.44 bits per heavy atom. The molecule has 34 heavy (non-hydrogen) atoms. The monoisotopic (exact) mass is 489 g/mol. The SMILES string of the molecule is COc1ccc(S(=O)(=O)N2CCCCC2)cc1NC(=O)C1CCN(Cc2ccccc2F)CC1. The van der Waals surface area contributed by atoms with Gasteiger partial charge in [0.1, 0.15) is 11.6 Å². The van der Waals surface area contributed by atoms with Crippen LogP contribution in [0.1, 0.15) is 37.7 Å². The van der Waals surface area contributed by atoms with Gasteiger partial charge in [0.15, 0.2) is 0 Å². The van der Waals surface area contributed by atoms with Gasteiger partial charge in [-0.15, -0.1) is 0 Å². The highest BCUT2D eigenvalue weighted by atomic mass is 32.2. The van der Waals surface area contributed by atoms with E-state index in [0.29, 0.717) is 62.6 Å². The number of benzene rings is 2. The van der Waals surface area contributed by atoms with Crippen LogP contribution in [-0.4, -0.2) is 56.8 Å². The van der Waals surface area contributed by atoms with Crippen molar-refractivity contribution in [3.8, 4) is 5.75 Å². The topological polar surface area (TPSA) is 79.0 Å². The number of halogens is 1. The number of sulfonamides is 1. The third-order valence-electron chi connectivity index (χ3n) is 6.69. The minimum Gasteiger partial charge on any atom is -0.495 e. The van der Waals surface area contributed by atoms with Crippen LogP contribution in [0.3, 0.4) is 0 Å². The maximum Gasteiger partial charge on any atom is 0.243 e. The Hall–Kier alpha value is -2.49. The lowest BCUT2D eigenvalue weighted by Crippen LogP contribution is -2.38. The van der Waals surface area contributed by atoms with Gasteiger partial charge >= 0.3 is 0 Å². The molecule has 0 saturated carbocycles. The van der Waals surface area contributed by atoms with E-state index in [0.717, 1.165) is 19.3 Å². The molecule has 0 aromatic heterocycles. The molecule has 0 radical (unpaired) electrons. The van der Waals surface area contributed by atoms with Crippen molar-refractivity contribution in [1.29, 1.82) is 0 Å². The first-order chi connectivity index (χ1) is 16.4. The molecular weight excluding hydrogens is 457 g/mol. The lowest BCUT2D eigenvalue weighted by atomic mass is 9.95. The smallest absolute Gasteiger partial charge is 0.243 e. The summed E-state index contributed by atoms with van der Waals surface area (Å²) in [5.74, 6) is -0.155. The Balaban J connectivity index is 1.40. The number of ether oxygens (including phenoxy) is 1. The minimum absolute atomic E-state index is 0.156. The lowest BCUT2D eigenvalue weighted by Gasteiger charge is -2.31. The number of carbonyl (C=O) groups excluding carboxylic acids is 1. The van der Waals surface area contributed by atoms with Gasteiger partial charge in [0.05, 0.1) is 17.7 Å². The largest absolute Gasteiger partial charge is 0.495 e. The number of nitrogens with zero attached hydrogens (tertiary/aromatic N) is 2. The number of nitrogens with one attached hydrogen (secondary N) is 1. The molecule has 2 aromatic carbocycles. The van der Waals surface area contributed by atoms with Gasteiger partial charge in [-0.1, -0.05) is 24.6 Å². The summed E-state index contributed by atoms with van der Waals surface area (Å²) in [5.41, 5.74) is 1.02. The summed E-state index contributed by atoms with van der Waals surface area (Å²) in [6.45, 7) is 2.92. The zero-order valence-corrected chi connectivity index (χ0v) is 20.3. The second-order valence-corrected chi connectivity index (χ2v) is 10.9. The van der Waals surface area contributed by atoms with Crippen LogP contribution in [0.15, 0.2) is 47.4 Å². The molecule has 1 N–H and O–H groups in total. The second-order valence-electron chi connectivity index (χ2n) is 8.96. The van der Waals surface area contributed by atoms with Crippen molar-refractivity contribution in [2.24, 2.45) is 5.92 Å². The maximum atomic E-state index is 14.0. The maximum absolute atomic E-state index is 14.0. The number of anilines is 1. The second kappa shape index (κ2) is 10.8. The van der Waals surface area contributed by atoms with Crippen LogP contribution in [0, 0.1) is 11.7 Å². The molecule has 9 heteroatoms. The van der Waals surface area contributed by atoms with Gasteiger partial charge in [0.2, 0.25) is 15.9 Å². The first kappa shape index (κ1) is 24.6. The predicted molar refractivity (Wildman–Crippen MR) is 129 cm³/mol. The molecule has 2 aliphatic rings. The molecular formula is C25H32FN3O4S. The Bertz CT molecular complexity index is 1110. The van der Waals surface area contributed by atoms with E-state index in [9.17, 15) is 17.6 Å². The van der Waals surface area contributed by atoms with E-state index in [1.165, 1.54) is 29.6 Å². The molecule has 0 bridgehead atoms. The molecule has 184 valence electrons. The van der Waals surface area contributed by atoms with Crippen LogP contribution in [0.2, 0.25) is 0 Å². The summed E-state index contributed by atoms with van der Waals surface area (Å²) in [7, 11) is -2.13. The van der Waals surface area contributed by atoms with Crippen molar-refractivity contribution in [2.75, 3.05) is 38.6 Å². The summed E-state index contributed by atoms with van der Waals surface area (Å²) < 4.78 is 47.0.